The van der Waals surface area contributed by atoms with Crippen molar-refractivity contribution in [1.82, 2.24) is 0 Å². The van der Waals surface area contributed by atoms with Crippen LogP contribution in [0, 0.1) is 0 Å². The molecule has 0 radical (unpaired) electrons. The quantitative estimate of drug-likeness (QED) is 0.162. The summed E-state index contributed by atoms with van der Waals surface area (Å²) in [4.78, 5) is 5.07. The fraction of sp³-hybridized carbons (Fsp3) is 0.0606. The maximum Gasteiger partial charge on any atom is 0.0493 e. The molecule has 0 saturated carbocycles. The Hall–Kier alpha value is -8.02. The van der Waals surface area contributed by atoms with Crippen LogP contribution in [0.25, 0.3) is 84.1 Å². The van der Waals surface area contributed by atoms with Crippen molar-refractivity contribution >= 4 is 119 Å². The summed E-state index contributed by atoms with van der Waals surface area (Å²) >= 11 is 3.83. The van der Waals surface area contributed by atoms with Crippen molar-refractivity contribution in [2.75, 3.05) is 9.80 Å². The molecule has 2 aliphatic rings. The van der Waals surface area contributed by atoms with Crippen LogP contribution >= 0.6 is 22.7 Å². The number of benzene rings is 11. The Balaban J connectivity index is 1.11. The summed E-state index contributed by atoms with van der Waals surface area (Å²) in [5.41, 5.74) is 17.9. The van der Waals surface area contributed by atoms with E-state index < -0.39 is 0 Å². The van der Waals surface area contributed by atoms with E-state index in [1.807, 2.05) is 22.7 Å². The minimum absolute atomic E-state index is 0.999. The molecule has 2 aliphatic heterocycles. The highest BCUT2D eigenvalue weighted by Gasteiger charge is 2.28. The second-order valence-corrected chi connectivity index (χ2v) is 21.1. The van der Waals surface area contributed by atoms with Crippen molar-refractivity contribution in [3.63, 3.8) is 0 Å². The minimum atomic E-state index is 0.999. The highest BCUT2D eigenvalue weighted by molar-refractivity contribution is 7.26. The Morgan fingerprint density at radius 2 is 0.614 bits per heavy atom. The molecule has 13 aromatic rings. The summed E-state index contributed by atoms with van der Waals surface area (Å²) in [5, 5.41) is 10.2. The highest BCUT2D eigenvalue weighted by atomic mass is 32.1. The number of hydrogen-bond donors (Lipinski definition) is 0. The van der Waals surface area contributed by atoms with Crippen LogP contribution in [0.3, 0.4) is 0 Å². The summed E-state index contributed by atoms with van der Waals surface area (Å²) < 4.78 is 5.26. The van der Waals surface area contributed by atoms with Gasteiger partial charge in [0.2, 0.25) is 0 Å². The predicted octanol–water partition coefficient (Wildman–Crippen LogP) is 19.2. The highest BCUT2D eigenvalue weighted by Crippen LogP contribution is 2.54. The lowest BCUT2D eigenvalue weighted by molar-refractivity contribution is 0.977. The first-order valence-electron chi connectivity index (χ1n) is 24.5. The maximum absolute atomic E-state index is 2.54. The van der Waals surface area contributed by atoms with Gasteiger partial charge in [0.1, 0.15) is 0 Å². The van der Waals surface area contributed by atoms with Crippen molar-refractivity contribution < 1.29 is 0 Å². The topological polar surface area (TPSA) is 6.48 Å². The lowest BCUT2D eigenvalue weighted by atomic mass is 9.84. The molecule has 0 unspecified atom stereocenters. The van der Waals surface area contributed by atoms with Gasteiger partial charge in [0, 0.05) is 85.6 Å². The molecule has 70 heavy (non-hydrogen) atoms. The standard InChI is InChI=1S/C66H44N2S2/c1-7-25-57-41(15-1)31-32-42-16-2-8-26-58(42)67(57)45-35-37-49-55(39-45)63(53-23-13-21-51-47-19-5-11-29-61(47)69-65(51)53)50-38-36-46(68-59-27-9-3-17-43(59)33-34-44-18-4-10-28-60(44)68)40-56(50)64(49)54-24-14-22-52-48-20-6-12-30-62(48)70-66(52)54/h1-30,35-40H,31-34H2. The van der Waals surface area contributed by atoms with E-state index in [-0.39, 0.29) is 0 Å². The van der Waals surface area contributed by atoms with Crippen molar-refractivity contribution in [2.24, 2.45) is 0 Å². The Bertz CT molecular complexity index is 3920. The summed E-state index contributed by atoms with van der Waals surface area (Å²) in [6.45, 7) is 0. The predicted molar refractivity (Wildman–Crippen MR) is 302 cm³/mol. The third-order valence-electron chi connectivity index (χ3n) is 15.2. The SMILES string of the molecule is c1ccc2c(c1)CCc1ccccc1N2c1ccc2c(-c3cccc4c3sc3ccccc34)c3cc(N4c5ccccc5CCc5ccccc54)ccc3c(-c3cccc4c3sc3ccccc34)c2c1. The number of fused-ring (bicyclic) bond motifs is 12. The van der Waals surface area contributed by atoms with E-state index in [0.29, 0.717) is 0 Å². The van der Waals surface area contributed by atoms with Gasteiger partial charge in [-0.2, -0.15) is 0 Å². The van der Waals surface area contributed by atoms with Gasteiger partial charge in [-0.15, -0.1) is 22.7 Å². The number of nitrogens with zero attached hydrogens (tertiary/aromatic N) is 2. The van der Waals surface area contributed by atoms with Crippen LogP contribution in [0.4, 0.5) is 34.1 Å². The van der Waals surface area contributed by atoms with Gasteiger partial charge in [0.25, 0.3) is 0 Å². The molecule has 2 nitrogen and oxygen atoms in total. The number of rotatable bonds is 4. The number of aryl methyl sites for hydroxylation is 4. The molecule has 15 rings (SSSR count). The molecule has 4 heteroatoms. The lowest BCUT2D eigenvalue weighted by Gasteiger charge is -2.29. The molecule has 0 atom stereocenters. The Labute approximate surface area is 414 Å². The Morgan fingerprint density at radius 3 is 1.01 bits per heavy atom. The molecule has 0 amide bonds. The molecule has 2 aromatic heterocycles. The Kier molecular flexibility index (Phi) is 8.99. The summed E-state index contributed by atoms with van der Waals surface area (Å²) in [6, 6.07) is 82.7. The molecule has 0 N–H and O–H groups in total. The van der Waals surface area contributed by atoms with Crippen LogP contribution in [-0.2, 0) is 25.7 Å². The van der Waals surface area contributed by atoms with E-state index in [4.69, 9.17) is 0 Å². The zero-order valence-corrected chi connectivity index (χ0v) is 40.0. The van der Waals surface area contributed by atoms with E-state index >= 15 is 0 Å². The van der Waals surface area contributed by atoms with Gasteiger partial charge in [-0.25, -0.2) is 0 Å². The van der Waals surface area contributed by atoms with Gasteiger partial charge in [-0.3, -0.25) is 0 Å². The van der Waals surface area contributed by atoms with Crippen LogP contribution < -0.4 is 9.80 Å². The summed E-state index contributed by atoms with van der Waals surface area (Å²) in [6.07, 6.45) is 3.99. The van der Waals surface area contributed by atoms with Crippen LogP contribution in [0.5, 0.6) is 0 Å². The smallest absolute Gasteiger partial charge is 0.0493 e. The number of thiophene rings is 2. The molecule has 4 heterocycles. The molecule has 330 valence electrons. The minimum Gasteiger partial charge on any atom is -0.310 e. The maximum atomic E-state index is 2.54. The first-order chi connectivity index (χ1) is 34.7. The van der Waals surface area contributed by atoms with E-state index in [9.17, 15) is 0 Å². The van der Waals surface area contributed by atoms with Crippen molar-refractivity contribution in [3.8, 4) is 22.3 Å². The molecular weight excluding hydrogens is 885 g/mol. The monoisotopic (exact) mass is 928 g/mol. The van der Waals surface area contributed by atoms with Crippen molar-refractivity contribution in [3.05, 3.63) is 241 Å². The number of anilines is 6. The van der Waals surface area contributed by atoms with E-state index in [1.165, 1.54) is 141 Å². The fourth-order valence-corrected chi connectivity index (χ4v) is 14.5. The lowest BCUT2D eigenvalue weighted by Crippen LogP contribution is -2.12. The molecule has 11 aromatic carbocycles. The van der Waals surface area contributed by atoms with Gasteiger partial charge in [-0.05, 0) is 141 Å². The van der Waals surface area contributed by atoms with Crippen molar-refractivity contribution in [1.29, 1.82) is 0 Å². The van der Waals surface area contributed by atoms with Gasteiger partial charge in [-0.1, -0.05) is 158 Å². The van der Waals surface area contributed by atoms with Gasteiger partial charge in [0.05, 0.1) is 0 Å². The first-order valence-corrected chi connectivity index (χ1v) is 26.1. The Morgan fingerprint density at radius 1 is 0.271 bits per heavy atom. The number of hydrogen-bond acceptors (Lipinski definition) is 4. The van der Waals surface area contributed by atoms with Crippen molar-refractivity contribution in [2.45, 2.75) is 25.7 Å². The number of para-hydroxylation sites is 4. The average Bonchev–Trinajstić information content (AvgIpc) is 3.88. The first kappa shape index (κ1) is 39.9. The normalized spacial score (nSPS) is 13.4. The third-order valence-corrected chi connectivity index (χ3v) is 17.6. The molecule has 0 saturated heterocycles. The van der Waals surface area contributed by atoms with Crippen LogP contribution in [0.1, 0.15) is 22.3 Å². The van der Waals surface area contributed by atoms with Crippen LogP contribution in [-0.4, -0.2) is 0 Å². The van der Waals surface area contributed by atoms with E-state index in [0.717, 1.165) is 25.7 Å². The zero-order chi connectivity index (χ0) is 45.9. The fourth-order valence-electron chi connectivity index (χ4n) is 12.1. The molecule has 0 spiro atoms. The van der Waals surface area contributed by atoms with Gasteiger partial charge in [0.15, 0.2) is 0 Å². The van der Waals surface area contributed by atoms with E-state index in [1.54, 1.807) is 0 Å². The van der Waals surface area contributed by atoms with Gasteiger partial charge >= 0.3 is 0 Å². The molecule has 0 aliphatic carbocycles. The molecular formula is C66H44N2S2. The zero-order valence-electron chi connectivity index (χ0n) is 38.3. The average molecular weight is 929 g/mol. The van der Waals surface area contributed by atoms with E-state index in [2.05, 4.69) is 228 Å². The van der Waals surface area contributed by atoms with Gasteiger partial charge < -0.3 is 9.80 Å². The summed E-state index contributed by atoms with van der Waals surface area (Å²) in [5.74, 6) is 0. The second-order valence-electron chi connectivity index (χ2n) is 19.0. The second kappa shape index (κ2) is 15.8. The third kappa shape index (κ3) is 6.03. The van der Waals surface area contributed by atoms with Crippen LogP contribution in [0.15, 0.2) is 218 Å². The molecule has 0 fully saturated rings. The van der Waals surface area contributed by atoms with Crippen LogP contribution in [0.2, 0.25) is 0 Å². The summed E-state index contributed by atoms with van der Waals surface area (Å²) in [7, 11) is 0. The molecule has 0 bridgehead atoms. The largest absolute Gasteiger partial charge is 0.310 e.